The molecule has 82 valence electrons. The molecule has 1 aromatic rings. The molecule has 1 aromatic carbocycles. The molecule has 4 nitrogen and oxygen atoms in total. The maximum atomic E-state index is 11.0. The predicted molar refractivity (Wildman–Crippen MR) is 61.3 cm³/mol. The van der Waals surface area contributed by atoms with Gasteiger partial charge in [0.1, 0.15) is 0 Å². The van der Waals surface area contributed by atoms with Crippen LogP contribution in [0.5, 0.6) is 0 Å². The van der Waals surface area contributed by atoms with Gasteiger partial charge in [0.2, 0.25) is 0 Å². The predicted octanol–water partition coefficient (Wildman–Crippen LogP) is 0.869. The average molecular weight is 279 g/mol. The van der Waals surface area contributed by atoms with Crippen LogP contribution in [0.3, 0.4) is 0 Å². The number of carboxylic acid groups (broad SMARTS) is 1. The zero-order valence-corrected chi connectivity index (χ0v) is 10.3. The van der Waals surface area contributed by atoms with E-state index < -0.39 is 21.8 Å². The number of hydrogen-bond acceptors (Lipinski definition) is 2. The van der Waals surface area contributed by atoms with E-state index in [1.165, 1.54) is 4.90 Å². The molecule has 0 aliphatic carbocycles. The minimum atomic E-state index is -1.07. The van der Waals surface area contributed by atoms with E-state index in [4.69, 9.17) is 11.5 Å². The summed E-state index contributed by atoms with van der Waals surface area (Å²) in [5.41, 5.74) is 0.543. The van der Waals surface area contributed by atoms with Crippen molar-refractivity contribution in [2.45, 2.75) is 6.42 Å². The van der Waals surface area contributed by atoms with Crippen LogP contribution in [0.15, 0.2) is 24.3 Å². The van der Waals surface area contributed by atoms with Crippen LogP contribution in [0.1, 0.15) is 6.42 Å². The second kappa shape index (κ2) is 6.09. The fourth-order valence-electron chi connectivity index (χ4n) is 1.20. The normalized spacial score (nSPS) is 9.69. The van der Waals surface area contributed by atoms with Crippen LogP contribution in [0.2, 0.25) is 0 Å². The van der Waals surface area contributed by atoms with Gasteiger partial charge in [0.25, 0.3) is 0 Å². The van der Waals surface area contributed by atoms with E-state index in [0.29, 0.717) is 12.1 Å². The quantitative estimate of drug-likeness (QED) is 0.657. The Kier molecular flexibility index (Phi) is 4.75. The van der Waals surface area contributed by atoms with Gasteiger partial charge in [-0.3, -0.25) is 0 Å². The van der Waals surface area contributed by atoms with Gasteiger partial charge in [0.15, 0.2) is 0 Å². The maximum absolute atomic E-state index is 11.0. The van der Waals surface area contributed by atoms with E-state index in [1.807, 2.05) is 0 Å². The number of terminal acetylenes is 1. The van der Waals surface area contributed by atoms with E-state index in [-0.39, 0.29) is 6.54 Å². The topological polar surface area (TPSA) is 57.6 Å². The van der Waals surface area contributed by atoms with E-state index in [2.05, 4.69) is 5.92 Å². The number of carbonyl (C=O) groups is 1. The van der Waals surface area contributed by atoms with Crippen LogP contribution in [0.4, 0.5) is 10.5 Å². The van der Waals surface area contributed by atoms with Gasteiger partial charge in [-0.25, -0.2) is 0 Å². The van der Waals surface area contributed by atoms with Gasteiger partial charge in [-0.1, -0.05) is 0 Å². The molecular formula is C11H10AsNO3. The third-order valence-electron chi connectivity index (χ3n) is 1.98. The molecule has 0 aliphatic rings. The number of anilines is 1. The molecule has 1 rings (SSSR count). The summed E-state index contributed by atoms with van der Waals surface area (Å²) in [5.74, 6) is 2.39. The van der Waals surface area contributed by atoms with Crippen LogP contribution in [-0.4, -0.2) is 33.4 Å². The molecule has 0 aliphatic heterocycles. The van der Waals surface area contributed by atoms with Crippen molar-refractivity contribution in [3.8, 4) is 12.3 Å². The number of benzene rings is 1. The molecule has 0 saturated heterocycles. The number of nitrogens with zero attached hydrogens (tertiary/aromatic N) is 1. The molecule has 0 heterocycles. The Morgan fingerprint density at radius 2 is 2.06 bits per heavy atom. The van der Waals surface area contributed by atoms with E-state index >= 15 is 0 Å². The van der Waals surface area contributed by atoms with Crippen molar-refractivity contribution in [2.75, 3.05) is 11.4 Å². The summed E-state index contributed by atoms with van der Waals surface area (Å²) in [6.45, 7) is 0.260. The summed E-state index contributed by atoms with van der Waals surface area (Å²) in [6.07, 6.45) is 4.41. The molecule has 1 amide bonds. The second-order valence-corrected chi connectivity index (χ2v) is 4.46. The molecule has 0 bridgehead atoms. The van der Waals surface area contributed by atoms with E-state index in [1.54, 1.807) is 24.3 Å². The molecule has 1 N–H and O–H groups in total. The third kappa shape index (κ3) is 3.22. The van der Waals surface area contributed by atoms with Crippen LogP contribution in [0.25, 0.3) is 0 Å². The van der Waals surface area contributed by atoms with Gasteiger partial charge in [0.05, 0.1) is 0 Å². The molecule has 5 heteroatoms. The fourth-order valence-corrected chi connectivity index (χ4v) is 1.77. The van der Waals surface area contributed by atoms with Gasteiger partial charge in [-0.05, 0) is 0 Å². The number of amides is 1. The Labute approximate surface area is 100 Å². The molecule has 0 aromatic heterocycles. The Bertz CT molecular complexity index is 422. The number of hydrogen-bond donors (Lipinski definition) is 1. The summed E-state index contributed by atoms with van der Waals surface area (Å²) < 4.78 is 11.4. The van der Waals surface area contributed by atoms with Gasteiger partial charge in [0, 0.05) is 0 Å². The number of rotatable bonds is 4. The van der Waals surface area contributed by atoms with Crippen LogP contribution in [0, 0.1) is 12.3 Å². The second-order valence-electron chi connectivity index (χ2n) is 3.00. The van der Waals surface area contributed by atoms with Crippen molar-refractivity contribution in [1.82, 2.24) is 0 Å². The first kappa shape index (κ1) is 12.5. The summed E-state index contributed by atoms with van der Waals surface area (Å²) in [4.78, 5) is 12.1. The first-order chi connectivity index (χ1) is 7.69. The van der Waals surface area contributed by atoms with E-state index in [9.17, 15) is 8.53 Å². The Morgan fingerprint density at radius 1 is 1.44 bits per heavy atom. The molecule has 0 saturated carbocycles. The van der Waals surface area contributed by atoms with Crippen LogP contribution < -0.4 is 9.25 Å². The van der Waals surface area contributed by atoms with Crippen molar-refractivity contribution >= 4 is 31.8 Å². The zero-order valence-electron chi connectivity index (χ0n) is 8.46. The van der Waals surface area contributed by atoms with Gasteiger partial charge < -0.3 is 0 Å². The standard InChI is InChI=1S/C11H10AsNO3/c1-2-3-8-13(11(14)15)10-6-4-9(12-16)5-7-10/h1,4-7H,3,8H2,(H,14,15). The molecule has 0 fully saturated rings. The molecule has 0 unspecified atom stereocenters. The first-order valence-corrected chi connectivity index (χ1v) is 6.27. The fraction of sp³-hybridized carbons (Fsp3) is 0.182. The van der Waals surface area contributed by atoms with Gasteiger partial charge in [-0.15, -0.1) is 0 Å². The molecule has 16 heavy (non-hydrogen) atoms. The van der Waals surface area contributed by atoms with Crippen molar-refractivity contribution in [2.24, 2.45) is 0 Å². The van der Waals surface area contributed by atoms with Crippen molar-refractivity contribution in [3.05, 3.63) is 24.3 Å². The average Bonchev–Trinajstić information content (AvgIpc) is 2.30. The van der Waals surface area contributed by atoms with Gasteiger partial charge in [-0.2, -0.15) is 0 Å². The molecule has 0 radical (unpaired) electrons. The summed E-state index contributed by atoms with van der Waals surface area (Å²) in [6, 6.07) is 6.59. The summed E-state index contributed by atoms with van der Waals surface area (Å²) in [5, 5.41) is 8.98. The van der Waals surface area contributed by atoms with Crippen molar-refractivity contribution in [1.29, 1.82) is 0 Å². The zero-order chi connectivity index (χ0) is 12.0. The minimum absolute atomic E-state index is 0.260. The Balaban J connectivity index is 2.88. The third-order valence-corrected chi connectivity index (χ3v) is 3.05. The molecule has 0 spiro atoms. The van der Waals surface area contributed by atoms with Crippen LogP contribution >= 0.6 is 0 Å². The SMILES string of the molecule is C#CCCN(C(=O)O)c1ccc([As]=O)cc1. The summed E-state index contributed by atoms with van der Waals surface area (Å²) >= 11 is -1.07. The van der Waals surface area contributed by atoms with E-state index in [0.717, 1.165) is 4.35 Å². The molecule has 0 atom stereocenters. The Morgan fingerprint density at radius 3 is 2.50 bits per heavy atom. The monoisotopic (exact) mass is 279 g/mol. The molecular weight excluding hydrogens is 269 g/mol. The van der Waals surface area contributed by atoms with Crippen LogP contribution in [-0.2, 0) is 3.74 Å². The Hall–Kier alpha value is -1.59. The van der Waals surface area contributed by atoms with Gasteiger partial charge >= 0.3 is 99.9 Å². The van der Waals surface area contributed by atoms with Crippen molar-refractivity contribution < 1.29 is 13.6 Å². The van der Waals surface area contributed by atoms with Crippen molar-refractivity contribution in [3.63, 3.8) is 0 Å². The summed E-state index contributed by atoms with van der Waals surface area (Å²) in [7, 11) is 0. The first-order valence-electron chi connectivity index (χ1n) is 4.56.